The Balaban J connectivity index is 2.50. The van der Waals surface area contributed by atoms with Crippen molar-refractivity contribution in [1.82, 2.24) is 0 Å². The second-order valence-corrected chi connectivity index (χ2v) is 5.56. The average Bonchev–Trinajstić information content (AvgIpc) is 1.99. The van der Waals surface area contributed by atoms with Crippen LogP contribution in [0, 0.1) is 17.3 Å². The first kappa shape index (κ1) is 11.5. The van der Waals surface area contributed by atoms with Crippen molar-refractivity contribution in [3.63, 3.8) is 0 Å². The van der Waals surface area contributed by atoms with E-state index in [4.69, 9.17) is 4.74 Å². The fourth-order valence-electron chi connectivity index (χ4n) is 3.02. The van der Waals surface area contributed by atoms with Crippen LogP contribution < -0.4 is 0 Å². The molecule has 0 bridgehead atoms. The van der Waals surface area contributed by atoms with E-state index in [1.165, 1.54) is 20.0 Å². The molecule has 0 amide bonds. The molecule has 82 valence electrons. The number of methoxy groups -OCH3 is 1. The third-order valence-corrected chi connectivity index (χ3v) is 3.16. The Morgan fingerprint density at radius 2 is 2.07 bits per heavy atom. The van der Waals surface area contributed by atoms with E-state index >= 15 is 0 Å². The summed E-state index contributed by atoms with van der Waals surface area (Å²) >= 11 is 0. The zero-order chi connectivity index (χ0) is 10.8. The van der Waals surface area contributed by atoms with Crippen molar-refractivity contribution >= 4 is 5.97 Å². The predicted molar refractivity (Wildman–Crippen MR) is 56.9 cm³/mol. The number of rotatable bonds is 2. The van der Waals surface area contributed by atoms with Crippen molar-refractivity contribution in [3.05, 3.63) is 0 Å². The Morgan fingerprint density at radius 3 is 2.57 bits per heavy atom. The number of ether oxygens (including phenoxy) is 1. The molecule has 0 saturated heterocycles. The van der Waals surface area contributed by atoms with Crippen molar-refractivity contribution in [2.45, 2.75) is 46.5 Å². The first-order valence-corrected chi connectivity index (χ1v) is 5.50. The molecule has 0 aromatic carbocycles. The molecule has 2 nitrogen and oxygen atoms in total. The van der Waals surface area contributed by atoms with Gasteiger partial charge in [-0.1, -0.05) is 20.8 Å². The van der Waals surface area contributed by atoms with Crippen LogP contribution in [0.2, 0.25) is 0 Å². The quantitative estimate of drug-likeness (QED) is 0.637. The topological polar surface area (TPSA) is 26.3 Å². The zero-order valence-corrected chi connectivity index (χ0v) is 9.80. The van der Waals surface area contributed by atoms with Crippen molar-refractivity contribution in [2.24, 2.45) is 17.3 Å². The Bertz CT molecular complexity index is 208. The smallest absolute Gasteiger partial charge is 0.305 e. The molecular weight excluding hydrogens is 176 g/mol. The second-order valence-electron chi connectivity index (χ2n) is 5.56. The molecule has 1 aliphatic rings. The molecule has 14 heavy (non-hydrogen) atoms. The summed E-state index contributed by atoms with van der Waals surface area (Å²) in [7, 11) is 1.47. The van der Waals surface area contributed by atoms with Gasteiger partial charge in [0.25, 0.3) is 0 Å². The minimum absolute atomic E-state index is 0.0556. The Labute approximate surface area is 87.0 Å². The highest BCUT2D eigenvalue weighted by Gasteiger charge is 2.32. The van der Waals surface area contributed by atoms with Crippen LogP contribution in [-0.4, -0.2) is 13.1 Å². The lowest BCUT2D eigenvalue weighted by molar-refractivity contribution is -0.142. The highest BCUT2D eigenvalue weighted by Crippen LogP contribution is 2.42. The van der Waals surface area contributed by atoms with Crippen molar-refractivity contribution < 1.29 is 9.53 Å². The number of carbonyl (C=O) groups excluding carboxylic acids is 1. The molecule has 1 aliphatic carbocycles. The summed E-state index contributed by atoms with van der Waals surface area (Å²) in [5, 5.41) is 0. The van der Waals surface area contributed by atoms with E-state index in [1.807, 2.05) is 0 Å². The van der Waals surface area contributed by atoms with Gasteiger partial charge in [0, 0.05) is 6.42 Å². The lowest BCUT2D eigenvalue weighted by Gasteiger charge is -2.38. The number of esters is 1. The van der Waals surface area contributed by atoms with Crippen LogP contribution in [0.1, 0.15) is 46.5 Å². The third-order valence-electron chi connectivity index (χ3n) is 3.16. The third kappa shape index (κ3) is 3.32. The van der Waals surface area contributed by atoms with E-state index in [9.17, 15) is 4.79 Å². The van der Waals surface area contributed by atoms with E-state index in [-0.39, 0.29) is 5.97 Å². The minimum atomic E-state index is -0.0556. The van der Waals surface area contributed by atoms with Gasteiger partial charge in [-0.15, -0.1) is 0 Å². The Morgan fingerprint density at radius 1 is 1.43 bits per heavy atom. The molecule has 2 heteroatoms. The monoisotopic (exact) mass is 198 g/mol. The van der Waals surface area contributed by atoms with Gasteiger partial charge in [0.15, 0.2) is 0 Å². The van der Waals surface area contributed by atoms with E-state index in [2.05, 4.69) is 20.8 Å². The molecule has 1 fully saturated rings. The van der Waals surface area contributed by atoms with Crippen LogP contribution in [0.3, 0.4) is 0 Å². The van der Waals surface area contributed by atoms with Gasteiger partial charge in [0.1, 0.15) is 0 Å². The standard InChI is InChI=1S/C12H22O2/c1-9-5-10(6-11(13)14-4)8-12(2,3)7-9/h9-10H,5-8H2,1-4H3. The van der Waals surface area contributed by atoms with Gasteiger partial charge >= 0.3 is 5.97 Å². The molecule has 2 atom stereocenters. The van der Waals surface area contributed by atoms with Crippen molar-refractivity contribution in [3.8, 4) is 0 Å². The van der Waals surface area contributed by atoms with E-state index in [1.54, 1.807) is 0 Å². The molecule has 0 aromatic heterocycles. The molecule has 0 spiro atoms. The van der Waals surface area contributed by atoms with Crippen molar-refractivity contribution in [1.29, 1.82) is 0 Å². The maximum Gasteiger partial charge on any atom is 0.305 e. The van der Waals surface area contributed by atoms with Crippen LogP contribution in [0.25, 0.3) is 0 Å². The van der Waals surface area contributed by atoms with Crippen molar-refractivity contribution in [2.75, 3.05) is 7.11 Å². The zero-order valence-electron chi connectivity index (χ0n) is 9.80. The summed E-state index contributed by atoms with van der Waals surface area (Å²) in [6.45, 7) is 6.88. The Hall–Kier alpha value is -0.530. The molecule has 0 aliphatic heterocycles. The van der Waals surface area contributed by atoms with Gasteiger partial charge in [-0.25, -0.2) is 0 Å². The summed E-state index contributed by atoms with van der Waals surface area (Å²) in [5.74, 6) is 1.22. The first-order chi connectivity index (χ1) is 6.43. The van der Waals surface area contributed by atoms with Crippen LogP contribution in [0.5, 0.6) is 0 Å². The van der Waals surface area contributed by atoms with E-state index in [0.29, 0.717) is 17.8 Å². The molecule has 0 heterocycles. The fraction of sp³-hybridized carbons (Fsp3) is 0.917. The predicted octanol–water partition coefficient (Wildman–Crippen LogP) is 3.01. The number of carbonyl (C=O) groups is 1. The van der Waals surface area contributed by atoms with Crippen LogP contribution in [-0.2, 0) is 9.53 Å². The molecule has 2 unspecified atom stereocenters. The number of hydrogen-bond acceptors (Lipinski definition) is 2. The molecule has 1 rings (SSSR count). The molecule has 0 aromatic rings. The van der Waals surface area contributed by atoms with Gasteiger partial charge in [-0.3, -0.25) is 4.79 Å². The summed E-state index contributed by atoms with van der Waals surface area (Å²) in [4.78, 5) is 11.2. The molecule has 0 N–H and O–H groups in total. The van der Waals surface area contributed by atoms with Gasteiger partial charge in [0.2, 0.25) is 0 Å². The summed E-state index contributed by atoms with van der Waals surface area (Å²) in [5.41, 5.74) is 0.399. The van der Waals surface area contributed by atoms with Crippen LogP contribution in [0.4, 0.5) is 0 Å². The summed E-state index contributed by atoms with van der Waals surface area (Å²) in [6, 6.07) is 0. The maximum atomic E-state index is 11.2. The van der Waals surface area contributed by atoms with Gasteiger partial charge in [-0.05, 0) is 36.5 Å². The SMILES string of the molecule is COC(=O)CC1CC(C)CC(C)(C)C1. The molecular formula is C12H22O2. The summed E-state index contributed by atoms with van der Waals surface area (Å²) < 4.78 is 4.72. The normalized spacial score (nSPS) is 31.1. The van der Waals surface area contributed by atoms with Gasteiger partial charge in [0.05, 0.1) is 7.11 Å². The van der Waals surface area contributed by atoms with E-state index in [0.717, 1.165) is 12.3 Å². The van der Waals surface area contributed by atoms with Gasteiger partial charge in [-0.2, -0.15) is 0 Å². The molecule has 0 radical (unpaired) electrons. The van der Waals surface area contributed by atoms with Crippen LogP contribution in [0.15, 0.2) is 0 Å². The van der Waals surface area contributed by atoms with Crippen LogP contribution >= 0.6 is 0 Å². The highest BCUT2D eigenvalue weighted by atomic mass is 16.5. The maximum absolute atomic E-state index is 11.2. The lowest BCUT2D eigenvalue weighted by Crippen LogP contribution is -2.29. The average molecular weight is 198 g/mol. The summed E-state index contributed by atoms with van der Waals surface area (Å²) in [6.07, 6.45) is 4.22. The Kier molecular flexibility index (Phi) is 3.57. The number of hydrogen-bond donors (Lipinski definition) is 0. The first-order valence-electron chi connectivity index (χ1n) is 5.50. The van der Waals surface area contributed by atoms with E-state index < -0.39 is 0 Å². The largest absolute Gasteiger partial charge is 0.469 e. The minimum Gasteiger partial charge on any atom is -0.469 e. The van der Waals surface area contributed by atoms with Gasteiger partial charge < -0.3 is 4.74 Å². The second kappa shape index (κ2) is 4.33. The highest BCUT2D eigenvalue weighted by molar-refractivity contribution is 5.69. The fourth-order valence-corrected chi connectivity index (χ4v) is 3.02. The lowest BCUT2D eigenvalue weighted by atomic mass is 9.67. The molecule has 1 saturated carbocycles.